The van der Waals surface area contributed by atoms with E-state index in [0.717, 1.165) is 25.4 Å². The van der Waals surface area contributed by atoms with Gasteiger partial charge in [-0.2, -0.15) is 0 Å². The van der Waals surface area contributed by atoms with Crippen LogP contribution in [0.15, 0.2) is 0 Å². The molecule has 3 heteroatoms. The van der Waals surface area contributed by atoms with E-state index < -0.39 is 0 Å². The summed E-state index contributed by atoms with van der Waals surface area (Å²) in [4.78, 5) is 5.05. The molecule has 1 aliphatic heterocycles. The quantitative estimate of drug-likeness (QED) is 0.893. The van der Waals surface area contributed by atoms with Gasteiger partial charge in [0.2, 0.25) is 0 Å². The molecule has 2 heterocycles. The second-order valence-corrected chi connectivity index (χ2v) is 7.97. The molecule has 0 amide bonds. The van der Waals surface area contributed by atoms with Gasteiger partial charge >= 0.3 is 0 Å². The molecule has 1 fully saturated rings. The SMILES string of the molecule is CCC1CCCC(n2c(C(C)(C)C)nc3c2CCNC3)C1. The van der Waals surface area contributed by atoms with E-state index in [1.807, 2.05) is 0 Å². The van der Waals surface area contributed by atoms with Crippen LogP contribution in [0, 0.1) is 5.92 Å². The highest BCUT2D eigenvalue weighted by Gasteiger charge is 2.32. The second-order valence-electron chi connectivity index (χ2n) is 7.97. The largest absolute Gasteiger partial charge is 0.328 e. The van der Waals surface area contributed by atoms with E-state index in [-0.39, 0.29) is 5.41 Å². The Hall–Kier alpha value is -0.830. The number of hydrogen-bond acceptors (Lipinski definition) is 2. The molecule has 0 bridgehead atoms. The van der Waals surface area contributed by atoms with Crippen molar-refractivity contribution >= 4 is 0 Å². The molecule has 3 nitrogen and oxygen atoms in total. The number of nitrogens with one attached hydrogen (secondary N) is 1. The second kappa shape index (κ2) is 5.75. The Balaban J connectivity index is 2.01. The van der Waals surface area contributed by atoms with Gasteiger partial charge in [0.1, 0.15) is 5.82 Å². The van der Waals surface area contributed by atoms with Gasteiger partial charge in [-0.3, -0.25) is 0 Å². The van der Waals surface area contributed by atoms with Crippen LogP contribution in [0.5, 0.6) is 0 Å². The maximum absolute atomic E-state index is 5.05. The van der Waals surface area contributed by atoms with Gasteiger partial charge in [-0.1, -0.05) is 47.0 Å². The summed E-state index contributed by atoms with van der Waals surface area (Å²) in [5, 5.41) is 3.48. The molecule has 21 heavy (non-hydrogen) atoms. The van der Waals surface area contributed by atoms with E-state index in [4.69, 9.17) is 4.98 Å². The number of hydrogen-bond donors (Lipinski definition) is 1. The first-order chi connectivity index (χ1) is 10.0. The van der Waals surface area contributed by atoms with Crippen molar-refractivity contribution in [1.29, 1.82) is 0 Å². The minimum Gasteiger partial charge on any atom is -0.328 e. The van der Waals surface area contributed by atoms with Gasteiger partial charge in [0, 0.05) is 36.7 Å². The molecule has 1 N–H and O–H groups in total. The van der Waals surface area contributed by atoms with E-state index in [9.17, 15) is 0 Å². The summed E-state index contributed by atoms with van der Waals surface area (Å²) in [7, 11) is 0. The van der Waals surface area contributed by atoms with Crippen LogP contribution >= 0.6 is 0 Å². The Labute approximate surface area is 129 Å². The third-order valence-electron chi connectivity index (χ3n) is 5.29. The molecular formula is C18H31N3. The Morgan fingerprint density at radius 1 is 1.29 bits per heavy atom. The van der Waals surface area contributed by atoms with Crippen molar-refractivity contribution in [2.24, 2.45) is 5.92 Å². The van der Waals surface area contributed by atoms with Crippen LogP contribution in [0.2, 0.25) is 0 Å². The fourth-order valence-corrected chi connectivity index (χ4v) is 4.12. The van der Waals surface area contributed by atoms with Crippen molar-refractivity contribution in [3.05, 3.63) is 17.2 Å². The lowest BCUT2D eigenvalue weighted by atomic mass is 9.83. The summed E-state index contributed by atoms with van der Waals surface area (Å²) >= 11 is 0. The molecule has 1 aromatic rings. The van der Waals surface area contributed by atoms with Gasteiger partial charge in [-0.15, -0.1) is 0 Å². The minimum atomic E-state index is 0.135. The van der Waals surface area contributed by atoms with Crippen molar-refractivity contribution in [2.75, 3.05) is 6.54 Å². The van der Waals surface area contributed by atoms with E-state index in [1.165, 1.54) is 49.3 Å². The van der Waals surface area contributed by atoms with Gasteiger partial charge < -0.3 is 9.88 Å². The molecule has 0 saturated heterocycles. The lowest BCUT2D eigenvalue weighted by Gasteiger charge is -2.34. The maximum Gasteiger partial charge on any atom is 0.114 e. The van der Waals surface area contributed by atoms with E-state index in [0.29, 0.717) is 6.04 Å². The van der Waals surface area contributed by atoms with Crippen LogP contribution in [0.4, 0.5) is 0 Å². The number of rotatable bonds is 2. The van der Waals surface area contributed by atoms with Gasteiger partial charge in [0.05, 0.1) is 5.69 Å². The lowest BCUT2D eigenvalue weighted by Crippen LogP contribution is -2.29. The topological polar surface area (TPSA) is 29.9 Å². The fourth-order valence-electron chi connectivity index (χ4n) is 4.12. The molecule has 1 aliphatic carbocycles. The standard InChI is InChI=1S/C18H31N3/c1-5-13-7-6-8-14(11-13)21-16-9-10-19-12-15(16)20-17(21)18(2,3)4/h13-14,19H,5-12H2,1-4H3. The van der Waals surface area contributed by atoms with E-state index >= 15 is 0 Å². The predicted molar refractivity (Wildman–Crippen MR) is 87.6 cm³/mol. The van der Waals surface area contributed by atoms with E-state index in [2.05, 4.69) is 37.6 Å². The molecule has 1 saturated carbocycles. The van der Waals surface area contributed by atoms with Crippen molar-refractivity contribution < 1.29 is 0 Å². The van der Waals surface area contributed by atoms with Crippen molar-refractivity contribution in [2.45, 2.75) is 84.2 Å². The summed E-state index contributed by atoms with van der Waals surface area (Å²) in [6.45, 7) is 11.3. The van der Waals surface area contributed by atoms with Gasteiger partial charge in [-0.05, 0) is 18.8 Å². The van der Waals surface area contributed by atoms with Crippen LogP contribution in [0.3, 0.4) is 0 Å². The van der Waals surface area contributed by atoms with Crippen LogP contribution in [0.1, 0.15) is 83.1 Å². The highest BCUT2D eigenvalue weighted by molar-refractivity contribution is 5.24. The lowest BCUT2D eigenvalue weighted by molar-refractivity contribution is 0.247. The van der Waals surface area contributed by atoms with E-state index in [1.54, 1.807) is 0 Å². The molecule has 118 valence electrons. The molecule has 1 aromatic heterocycles. The zero-order chi connectivity index (χ0) is 15.0. The minimum absolute atomic E-state index is 0.135. The summed E-state index contributed by atoms with van der Waals surface area (Å²) in [6, 6.07) is 0.687. The third kappa shape index (κ3) is 2.90. The number of imidazole rings is 1. The Morgan fingerprint density at radius 3 is 2.81 bits per heavy atom. The van der Waals surface area contributed by atoms with Gasteiger partial charge in [0.15, 0.2) is 0 Å². The average Bonchev–Trinajstić information content (AvgIpc) is 2.87. The number of fused-ring (bicyclic) bond motifs is 1. The van der Waals surface area contributed by atoms with Crippen LogP contribution < -0.4 is 5.32 Å². The predicted octanol–water partition coefficient (Wildman–Crippen LogP) is 3.97. The Morgan fingerprint density at radius 2 is 2.10 bits per heavy atom. The fraction of sp³-hybridized carbons (Fsp3) is 0.833. The zero-order valence-corrected chi connectivity index (χ0v) is 14.2. The first-order valence-electron chi connectivity index (χ1n) is 8.82. The summed E-state index contributed by atoms with van der Waals surface area (Å²) < 4.78 is 2.66. The van der Waals surface area contributed by atoms with Crippen LogP contribution in [0.25, 0.3) is 0 Å². The number of aromatic nitrogens is 2. The molecule has 0 radical (unpaired) electrons. The van der Waals surface area contributed by atoms with Crippen molar-refractivity contribution in [1.82, 2.24) is 14.9 Å². The monoisotopic (exact) mass is 289 g/mol. The van der Waals surface area contributed by atoms with Crippen molar-refractivity contribution in [3.63, 3.8) is 0 Å². The average molecular weight is 289 g/mol. The number of nitrogens with zero attached hydrogens (tertiary/aromatic N) is 2. The first-order valence-corrected chi connectivity index (χ1v) is 8.82. The summed E-state index contributed by atoms with van der Waals surface area (Å²) in [6.07, 6.45) is 7.99. The Kier molecular flexibility index (Phi) is 4.13. The normalized spacial score (nSPS) is 26.7. The van der Waals surface area contributed by atoms with Crippen LogP contribution in [-0.2, 0) is 18.4 Å². The van der Waals surface area contributed by atoms with Crippen molar-refractivity contribution in [3.8, 4) is 0 Å². The molecule has 0 aromatic carbocycles. The molecule has 2 atom stereocenters. The molecule has 3 rings (SSSR count). The smallest absolute Gasteiger partial charge is 0.114 e. The molecule has 2 aliphatic rings. The highest BCUT2D eigenvalue weighted by Crippen LogP contribution is 2.39. The van der Waals surface area contributed by atoms with Gasteiger partial charge in [-0.25, -0.2) is 4.98 Å². The Bertz CT molecular complexity index is 495. The van der Waals surface area contributed by atoms with Gasteiger partial charge in [0.25, 0.3) is 0 Å². The molecule has 0 spiro atoms. The summed E-state index contributed by atoms with van der Waals surface area (Å²) in [5.41, 5.74) is 2.97. The zero-order valence-electron chi connectivity index (χ0n) is 14.2. The highest BCUT2D eigenvalue weighted by atomic mass is 15.2. The first kappa shape index (κ1) is 15.1. The summed E-state index contributed by atoms with van der Waals surface area (Å²) in [5.74, 6) is 2.23. The third-order valence-corrected chi connectivity index (χ3v) is 5.29. The molecule has 2 unspecified atom stereocenters. The maximum atomic E-state index is 5.05. The van der Waals surface area contributed by atoms with Crippen LogP contribution in [-0.4, -0.2) is 16.1 Å². The molecular weight excluding hydrogens is 258 g/mol.